The summed E-state index contributed by atoms with van der Waals surface area (Å²) in [5.74, 6) is 0.530. The van der Waals surface area contributed by atoms with E-state index in [1.165, 1.54) is 18.3 Å². The summed E-state index contributed by atoms with van der Waals surface area (Å²) >= 11 is 1.36. The quantitative estimate of drug-likeness (QED) is 0.792. The minimum Gasteiger partial charge on any atom is -0.497 e. The van der Waals surface area contributed by atoms with Gasteiger partial charge in [0.15, 0.2) is 0 Å². The van der Waals surface area contributed by atoms with Crippen LogP contribution in [0.2, 0.25) is 0 Å². The average molecular weight is 363 g/mol. The van der Waals surface area contributed by atoms with Crippen LogP contribution in [0.4, 0.5) is 5.00 Å². The number of benzene rings is 1. The van der Waals surface area contributed by atoms with Gasteiger partial charge < -0.3 is 19.5 Å². The molecule has 1 N–H and O–H groups in total. The Bertz CT molecular complexity index is 797. The topological polar surface area (TPSA) is 73.9 Å². The number of esters is 1. The summed E-state index contributed by atoms with van der Waals surface area (Å²) in [7, 11) is 3.11. The van der Waals surface area contributed by atoms with Crippen molar-refractivity contribution < 1.29 is 23.8 Å². The predicted octanol–water partition coefficient (Wildman–Crippen LogP) is 3.70. The molecular formula is C18H21NO5S. The monoisotopic (exact) mass is 363 g/mol. The van der Waals surface area contributed by atoms with E-state index in [9.17, 15) is 9.59 Å². The lowest BCUT2D eigenvalue weighted by Gasteiger charge is -2.12. The van der Waals surface area contributed by atoms with Crippen molar-refractivity contribution in [3.05, 3.63) is 39.8 Å². The lowest BCUT2D eigenvalue weighted by molar-refractivity contribution is -0.114. The maximum Gasteiger partial charge on any atom is 0.341 e. The Hall–Kier alpha value is -2.54. The molecule has 1 amide bonds. The van der Waals surface area contributed by atoms with Gasteiger partial charge in [0.2, 0.25) is 5.91 Å². The molecule has 0 aliphatic rings. The first kappa shape index (κ1) is 18.8. The van der Waals surface area contributed by atoms with Crippen molar-refractivity contribution >= 4 is 28.2 Å². The van der Waals surface area contributed by atoms with Gasteiger partial charge in [0.05, 0.1) is 19.8 Å². The Kier molecular flexibility index (Phi) is 6.03. The van der Waals surface area contributed by atoms with Crippen LogP contribution in [0.5, 0.6) is 11.5 Å². The van der Waals surface area contributed by atoms with Crippen LogP contribution >= 0.6 is 11.3 Å². The van der Waals surface area contributed by atoms with Crippen LogP contribution < -0.4 is 14.8 Å². The van der Waals surface area contributed by atoms with E-state index < -0.39 is 5.97 Å². The van der Waals surface area contributed by atoms with Gasteiger partial charge in [-0.2, -0.15) is 0 Å². The first-order valence-corrected chi connectivity index (χ1v) is 8.44. The molecule has 0 bridgehead atoms. The first-order valence-electron chi connectivity index (χ1n) is 7.63. The maximum absolute atomic E-state index is 12.6. The molecule has 6 nitrogen and oxygen atoms in total. The predicted molar refractivity (Wildman–Crippen MR) is 96.8 cm³/mol. The van der Waals surface area contributed by atoms with E-state index in [2.05, 4.69) is 5.32 Å². The summed E-state index contributed by atoms with van der Waals surface area (Å²) < 4.78 is 15.9. The highest BCUT2D eigenvalue weighted by molar-refractivity contribution is 7.16. The van der Waals surface area contributed by atoms with Crippen molar-refractivity contribution in [1.82, 2.24) is 0 Å². The lowest BCUT2D eigenvalue weighted by atomic mass is 10.1. The second-order valence-electron chi connectivity index (χ2n) is 5.42. The van der Waals surface area contributed by atoms with Crippen molar-refractivity contribution in [2.24, 2.45) is 0 Å². The van der Waals surface area contributed by atoms with Crippen LogP contribution in [0.1, 0.15) is 33.3 Å². The van der Waals surface area contributed by atoms with E-state index in [1.54, 1.807) is 32.4 Å². The van der Waals surface area contributed by atoms with Crippen LogP contribution in [0.15, 0.2) is 18.2 Å². The number of carbonyl (C=O) groups excluding carboxylic acids is 2. The van der Waals surface area contributed by atoms with Crippen molar-refractivity contribution in [2.45, 2.75) is 27.4 Å². The second kappa shape index (κ2) is 8.02. The van der Waals surface area contributed by atoms with E-state index in [0.29, 0.717) is 27.6 Å². The summed E-state index contributed by atoms with van der Waals surface area (Å²) in [5, 5.41) is 3.19. The van der Waals surface area contributed by atoms with Gasteiger partial charge in [-0.05, 0) is 37.6 Å². The standard InChI is InChI=1S/C18H21NO5S/c1-10-11(2)25-17(19-12(3)20)16(10)18(21)24-9-13-8-14(22-4)6-7-15(13)23-5/h6-8H,9H2,1-5H3,(H,19,20). The number of rotatable bonds is 6. The van der Waals surface area contributed by atoms with Gasteiger partial charge in [-0.25, -0.2) is 4.79 Å². The summed E-state index contributed by atoms with van der Waals surface area (Å²) in [5.41, 5.74) is 1.89. The molecule has 1 heterocycles. The fourth-order valence-electron chi connectivity index (χ4n) is 2.33. The number of amides is 1. The third kappa shape index (κ3) is 4.30. The van der Waals surface area contributed by atoms with Gasteiger partial charge >= 0.3 is 5.97 Å². The number of ether oxygens (including phenoxy) is 3. The van der Waals surface area contributed by atoms with Gasteiger partial charge in [-0.3, -0.25) is 4.79 Å². The highest BCUT2D eigenvalue weighted by Gasteiger charge is 2.22. The molecule has 0 aliphatic carbocycles. The Morgan fingerprint density at radius 2 is 1.88 bits per heavy atom. The molecule has 1 aromatic carbocycles. The van der Waals surface area contributed by atoms with Crippen molar-refractivity contribution in [3.63, 3.8) is 0 Å². The Morgan fingerprint density at radius 1 is 1.16 bits per heavy atom. The zero-order valence-electron chi connectivity index (χ0n) is 14.9. The average Bonchev–Trinajstić information content (AvgIpc) is 2.85. The largest absolute Gasteiger partial charge is 0.497 e. The van der Waals surface area contributed by atoms with Crippen LogP contribution in [-0.2, 0) is 16.1 Å². The van der Waals surface area contributed by atoms with Crippen molar-refractivity contribution in [1.29, 1.82) is 0 Å². The van der Waals surface area contributed by atoms with E-state index in [1.807, 2.05) is 13.8 Å². The molecule has 1 aromatic heterocycles. The van der Waals surface area contributed by atoms with Gasteiger partial charge in [0.1, 0.15) is 23.1 Å². The maximum atomic E-state index is 12.6. The van der Waals surface area contributed by atoms with Gasteiger partial charge in [-0.1, -0.05) is 0 Å². The summed E-state index contributed by atoms with van der Waals surface area (Å²) in [6.07, 6.45) is 0. The van der Waals surface area contributed by atoms with E-state index in [4.69, 9.17) is 14.2 Å². The smallest absolute Gasteiger partial charge is 0.341 e. The normalized spacial score (nSPS) is 10.3. The molecule has 0 saturated carbocycles. The number of aryl methyl sites for hydroxylation is 1. The fraction of sp³-hybridized carbons (Fsp3) is 0.333. The molecule has 0 radical (unpaired) electrons. The van der Waals surface area contributed by atoms with Gasteiger partial charge in [0.25, 0.3) is 0 Å². The highest BCUT2D eigenvalue weighted by Crippen LogP contribution is 2.33. The molecule has 2 rings (SSSR count). The zero-order valence-corrected chi connectivity index (χ0v) is 15.7. The molecule has 0 fully saturated rings. The number of hydrogen-bond donors (Lipinski definition) is 1. The summed E-state index contributed by atoms with van der Waals surface area (Å²) in [6.45, 7) is 5.17. The first-order chi connectivity index (χ1) is 11.9. The molecule has 0 unspecified atom stereocenters. The Labute approximate surface area is 150 Å². The van der Waals surface area contributed by atoms with Crippen LogP contribution in [0.3, 0.4) is 0 Å². The minimum atomic E-state index is -0.490. The molecule has 7 heteroatoms. The molecule has 0 spiro atoms. The number of methoxy groups -OCH3 is 2. The van der Waals surface area contributed by atoms with Crippen molar-refractivity contribution in [3.8, 4) is 11.5 Å². The fourth-order valence-corrected chi connectivity index (χ4v) is 3.43. The molecule has 2 aromatic rings. The number of thiophene rings is 1. The zero-order chi connectivity index (χ0) is 18.6. The van der Waals surface area contributed by atoms with Gasteiger partial charge in [-0.15, -0.1) is 11.3 Å². The summed E-state index contributed by atoms with van der Waals surface area (Å²) in [4.78, 5) is 24.9. The highest BCUT2D eigenvalue weighted by atomic mass is 32.1. The number of nitrogens with one attached hydrogen (secondary N) is 1. The number of hydrogen-bond acceptors (Lipinski definition) is 6. The van der Waals surface area contributed by atoms with E-state index in [0.717, 1.165) is 10.4 Å². The van der Waals surface area contributed by atoms with Crippen molar-refractivity contribution in [2.75, 3.05) is 19.5 Å². The van der Waals surface area contributed by atoms with Gasteiger partial charge in [0, 0.05) is 17.4 Å². The number of carbonyl (C=O) groups is 2. The molecular weight excluding hydrogens is 342 g/mol. The second-order valence-corrected chi connectivity index (χ2v) is 6.65. The van der Waals surface area contributed by atoms with E-state index in [-0.39, 0.29) is 12.5 Å². The molecule has 25 heavy (non-hydrogen) atoms. The van der Waals surface area contributed by atoms with Crippen LogP contribution in [0.25, 0.3) is 0 Å². The Balaban J connectivity index is 2.22. The third-order valence-electron chi connectivity index (χ3n) is 3.73. The Morgan fingerprint density at radius 3 is 2.48 bits per heavy atom. The third-order valence-corrected chi connectivity index (χ3v) is 4.85. The lowest BCUT2D eigenvalue weighted by Crippen LogP contribution is -2.12. The molecule has 0 aliphatic heterocycles. The van der Waals surface area contributed by atoms with Crippen LogP contribution in [0, 0.1) is 13.8 Å². The minimum absolute atomic E-state index is 0.0348. The van der Waals surface area contributed by atoms with E-state index >= 15 is 0 Å². The number of anilines is 1. The molecule has 0 atom stereocenters. The summed E-state index contributed by atoms with van der Waals surface area (Å²) in [6, 6.07) is 5.28. The molecule has 134 valence electrons. The SMILES string of the molecule is COc1ccc(OC)c(COC(=O)c2c(NC(C)=O)sc(C)c2C)c1. The van der Waals surface area contributed by atoms with Crippen LogP contribution in [-0.4, -0.2) is 26.1 Å². The molecule has 0 saturated heterocycles.